The van der Waals surface area contributed by atoms with Gasteiger partial charge in [-0.3, -0.25) is 4.79 Å². The van der Waals surface area contributed by atoms with Crippen LogP contribution in [0.1, 0.15) is 50.5 Å². The average molecular weight is 344 g/mol. The van der Waals surface area contributed by atoms with Crippen LogP contribution in [0.3, 0.4) is 0 Å². The summed E-state index contributed by atoms with van der Waals surface area (Å²) in [5.41, 5.74) is 0.515. The molecule has 0 heterocycles. The largest absolute Gasteiger partial charge is 0.482 e. The summed E-state index contributed by atoms with van der Waals surface area (Å²) in [4.78, 5) is 23.6. The molecular weight excluding hydrogens is 320 g/mol. The summed E-state index contributed by atoms with van der Waals surface area (Å²) in [7, 11) is 0. The van der Waals surface area contributed by atoms with E-state index in [-0.39, 0.29) is 25.2 Å². The Hall–Kier alpha value is -2.55. The van der Waals surface area contributed by atoms with Crippen LogP contribution in [0.15, 0.2) is 24.3 Å². The summed E-state index contributed by atoms with van der Waals surface area (Å²) < 4.78 is 10.2. The molecule has 1 aliphatic rings. The molecule has 1 saturated carbocycles. The molecule has 1 aromatic carbocycles. The third-order valence-corrected chi connectivity index (χ3v) is 4.17. The lowest BCUT2D eigenvalue weighted by atomic mass is 9.97. The van der Waals surface area contributed by atoms with E-state index in [2.05, 4.69) is 5.32 Å². The number of hydrogen-bond donors (Lipinski definition) is 1. The normalized spacial score (nSPS) is 15.3. The molecule has 0 spiro atoms. The zero-order valence-corrected chi connectivity index (χ0v) is 14.3. The highest BCUT2D eigenvalue weighted by atomic mass is 16.6. The average Bonchev–Trinajstić information content (AvgIpc) is 2.61. The maximum absolute atomic E-state index is 11.9. The molecule has 25 heavy (non-hydrogen) atoms. The van der Waals surface area contributed by atoms with Gasteiger partial charge in [0.15, 0.2) is 13.2 Å². The standard InChI is InChI=1S/C19H24N2O4/c20-12-15-8-10-17(11-9-15)24-14-19(23)25-13-18(22)21-16-6-4-2-1-3-5-7-16/h8-11,16H,1-7,13-14H2,(H,21,22). The molecule has 0 saturated heterocycles. The van der Waals surface area contributed by atoms with Gasteiger partial charge in [-0.15, -0.1) is 0 Å². The van der Waals surface area contributed by atoms with Crippen molar-refractivity contribution in [3.8, 4) is 11.8 Å². The first-order valence-corrected chi connectivity index (χ1v) is 8.75. The van der Waals surface area contributed by atoms with Crippen LogP contribution in [0, 0.1) is 11.3 Å². The molecule has 0 atom stereocenters. The van der Waals surface area contributed by atoms with E-state index < -0.39 is 5.97 Å². The summed E-state index contributed by atoms with van der Waals surface area (Å²) in [6.07, 6.45) is 7.94. The SMILES string of the molecule is N#Cc1ccc(OCC(=O)OCC(=O)NC2CCCCCCC2)cc1. The van der Waals surface area contributed by atoms with Gasteiger partial charge in [-0.1, -0.05) is 32.1 Å². The first-order chi connectivity index (χ1) is 12.2. The monoisotopic (exact) mass is 344 g/mol. The molecular formula is C19H24N2O4. The van der Waals surface area contributed by atoms with E-state index in [1.807, 2.05) is 6.07 Å². The van der Waals surface area contributed by atoms with Crippen LogP contribution in [0.4, 0.5) is 0 Å². The van der Waals surface area contributed by atoms with E-state index in [0.29, 0.717) is 11.3 Å². The van der Waals surface area contributed by atoms with Crippen molar-refractivity contribution in [1.29, 1.82) is 5.26 Å². The van der Waals surface area contributed by atoms with Crippen LogP contribution in [-0.4, -0.2) is 31.1 Å². The molecule has 2 rings (SSSR count). The number of rotatable bonds is 6. The lowest BCUT2D eigenvalue weighted by Crippen LogP contribution is -2.38. The topological polar surface area (TPSA) is 88.4 Å². The van der Waals surface area contributed by atoms with Crippen LogP contribution >= 0.6 is 0 Å². The van der Waals surface area contributed by atoms with Crippen LogP contribution < -0.4 is 10.1 Å². The van der Waals surface area contributed by atoms with Crippen LogP contribution in [0.5, 0.6) is 5.75 Å². The quantitative estimate of drug-likeness (QED) is 0.802. The van der Waals surface area contributed by atoms with Gasteiger partial charge in [0.25, 0.3) is 5.91 Å². The number of nitrogens with zero attached hydrogens (tertiary/aromatic N) is 1. The summed E-state index contributed by atoms with van der Waals surface area (Å²) in [6.45, 7) is -0.561. The number of ether oxygens (including phenoxy) is 2. The van der Waals surface area contributed by atoms with E-state index in [4.69, 9.17) is 14.7 Å². The van der Waals surface area contributed by atoms with Gasteiger partial charge in [0, 0.05) is 6.04 Å². The highest BCUT2D eigenvalue weighted by Gasteiger charge is 2.15. The Morgan fingerprint density at radius 3 is 2.32 bits per heavy atom. The number of carbonyl (C=O) groups is 2. The number of amides is 1. The number of esters is 1. The molecule has 0 unspecified atom stereocenters. The third-order valence-electron chi connectivity index (χ3n) is 4.17. The van der Waals surface area contributed by atoms with Gasteiger partial charge in [0.05, 0.1) is 11.6 Å². The molecule has 1 fully saturated rings. The first kappa shape index (κ1) is 18.8. The fourth-order valence-corrected chi connectivity index (χ4v) is 2.83. The van der Waals surface area contributed by atoms with Gasteiger partial charge in [-0.2, -0.15) is 5.26 Å². The third kappa shape index (κ3) is 7.25. The van der Waals surface area contributed by atoms with Crippen LogP contribution in [0.2, 0.25) is 0 Å². The molecule has 6 nitrogen and oxygen atoms in total. The van der Waals surface area contributed by atoms with Crippen molar-refractivity contribution in [3.05, 3.63) is 29.8 Å². The van der Waals surface area contributed by atoms with E-state index in [0.717, 1.165) is 25.7 Å². The molecule has 134 valence electrons. The molecule has 1 amide bonds. The number of carbonyl (C=O) groups excluding carboxylic acids is 2. The van der Waals surface area contributed by atoms with Crippen LogP contribution in [0.25, 0.3) is 0 Å². The number of hydrogen-bond acceptors (Lipinski definition) is 5. The first-order valence-electron chi connectivity index (χ1n) is 8.75. The second-order valence-electron chi connectivity index (χ2n) is 6.20. The predicted molar refractivity (Wildman–Crippen MR) is 91.9 cm³/mol. The Morgan fingerprint density at radius 2 is 1.68 bits per heavy atom. The molecule has 1 N–H and O–H groups in total. The van der Waals surface area contributed by atoms with Gasteiger partial charge in [0.1, 0.15) is 5.75 Å². The maximum Gasteiger partial charge on any atom is 0.344 e. The lowest BCUT2D eigenvalue weighted by Gasteiger charge is -2.20. The van der Waals surface area contributed by atoms with Crippen molar-refractivity contribution in [3.63, 3.8) is 0 Å². The maximum atomic E-state index is 11.9. The van der Waals surface area contributed by atoms with E-state index >= 15 is 0 Å². The van der Waals surface area contributed by atoms with Gasteiger partial charge in [-0.25, -0.2) is 4.79 Å². The fourth-order valence-electron chi connectivity index (χ4n) is 2.83. The minimum Gasteiger partial charge on any atom is -0.482 e. The molecule has 0 aromatic heterocycles. The van der Waals surface area contributed by atoms with Crippen molar-refractivity contribution in [2.24, 2.45) is 0 Å². The van der Waals surface area contributed by atoms with Gasteiger partial charge in [-0.05, 0) is 37.1 Å². The highest BCUT2D eigenvalue weighted by molar-refractivity contribution is 5.81. The molecule has 0 bridgehead atoms. The predicted octanol–water partition coefficient (Wildman–Crippen LogP) is 2.71. The Morgan fingerprint density at radius 1 is 1.04 bits per heavy atom. The van der Waals surface area contributed by atoms with Crippen molar-refractivity contribution < 1.29 is 19.1 Å². The Balaban J connectivity index is 1.64. The van der Waals surface area contributed by atoms with Crippen molar-refractivity contribution in [2.75, 3.05) is 13.2 Å². The number of nitriles is 1. The van der Waals surface area contributed by atoms with Gasteiger partial charge < -0.3 is 14.8 Å². The number of benzene rings is 1. The Bertz CT molecular complexity index is 599. The molecule has 6 heteroatoms. The van der Waals surface area contributed by atoms with Crippen molar-refractivity contribution >= 4 is 11.9 Å². The minimum atomic E-state index is -0.600. The summed E-state index contributed by atoms with van der Waals surface area (Å²) in [5, 5.41) is 11.7. The molecule has 0 radical (unpaired) electrons. The van der Waals surface area contributed by atoms with Crippen molar-refractivity contribution in [2.45, 2.75) is 51.0 Å². The van der Waals surface area contributed by atoms with Crippen molar-refractivity contribution in [1.82, 2.24) is 5.32 Å². The highest BCUT2D eigenvalue weighted by Crippen LogP contribution is 2.17. The zero-order chi connectivity index (χ0) is 17.9. The van der Waals surface area contributed by atoms with E-state index in [9.17, 15) is 9.59 Å². The smallest absolute Gasteiger partial charge is 0.344 e. The second kappa shape index (κ2) is 10.3. The Labute approximate surface area is 148 Å². The fraction of sp³-hybridized carbons (Fsp3) is 0.526. The van der Waals surface area contributed by atoms with E-state index in [1.165, 1.54) is 19.3 Å². The van der Waals surface area contributed by atoms with E-state index in [1.54, 1.807) is 24.3 Å². The number of nitrogens with one attached hydrogen (secondary N) is 1. The van der Waals surface area contributed by atoms with Gasteiger partial charge in [0.2, 0.25) is 0 Å². The minimum absolute atomic E-state index is 0.182. The zero-order valence-electron chi connectivity index (χ0n) is 14.3. The molecule has 0 aliphatic heterocycles. The molecule has 1 aromatic rings. The Kier molecular flexibility index (Phi) is 7.77. The summed E-state index contributed by atoms with van der Waals surface area (Å²) in [6, 6.07) is 8.59. The van der Waals surface area contributed by atoms with Gasteiger partial charge >= 0.3 is 5.97 Å². The lowest BCUT2D eigenvalue weighted by molar-refractivity contribution is -0.150. The summed E-state index contributed by atoms with van der Waals surface area (Å²) >= 11 is 0. The van der Waals surface area contributed by atoms with Crippen LogP contribution in [-0.2, 0) is 14.3 Å². The second-order valence-corrected chi connectivity index (χ2v) is 6.20. The molecule has 1 aliphatic carbocycles. The summed E-state index contributed by atoms with van der Waals surface area (Å²) in [5.74, 6) is -0.399.